The van der Waals surface area contributed by atoms with E-state index in [-0.39, 0.29) is 0 Å². The van der Waals surface area contributed by atoms with Crippen LogP contribution in [-0.4, -0.2) is 12.6 Å². The molecular weight excluding hydrogens is 266 g/mol. The van der Waals surface area contributed by atoms with E-state index < -0.39 is 0 Å². The fourth-order valence-corrected chi connectivity index (χ4v) is 3.41. The number of benzene rings is 2. The van der Waals surface area contributed by atoms with Gasteiger partial charge in [0.15, 0.2) is 0 Å². The Balaban J connectivity index is 1.77. The number of fused-ring (bicyclic) bond motifs is 1. The summed E-state index contributed by atoms with van der Waals surface area (Å²) < 4.78 is 0. The van der Waals surface area contributed by atoms with Crippen LogP contribution in [0.4, 0.5) is 0 Å². The minimum atomic E-state index is 0.494. The van der Waals surface area contributed by atoms with Gasteiger partial charge in [-0.2, -0.15) is 0 Å². The van der Waals surface area contributed by atoms with Gasteiger partial charge in [0.25, 0.3) is 0 Å². The molecule has 0 saturated heterocycles. The summed E-state index contributed by atoms with van der Waals surface area (Å²) in [5.74, 6) is 0.630. The second-order valence-electron chi connectivity index (χ2n) is 5.51. The summed E-state index contributed by atoms with van der Waals surface area (Å²) in [5, 5.41) is 4.48. The van der Waals surface area contributed by atoms with Gasteiger partial charge in [-0.05, 0) is 48.2 Å². The van der Waals surface area contributed by atoms with E-state index in [1.807, 2.05) is 12.1 Å². The third kappa shape index (κ3) is 2.74. The molecule has 2 aromatic carbocycles. The molecule has 0 fully saturated rings. The van der Waals surface area contributed by atoms with Crippen LogP contribution in [0.1, 0.15) is 29.5 Å². The SMILES string of the molecule is CCNC(Cc1cccc(Cl)c1)C1Cc2ccccc21. The second-order valence-corrected chi connectivity index (χ2v) is 5.94. The van der Waals surface area contributed by atoms with Crippen molar-refractivity contribution in [3.63, 3.8) is 0 Å². The molecule has 1 aliphatic rings. The molecule has 3 rings (SSSR count). The topological polar surface area (TPSA) is 12.0 Å². The fraction of sp³-hybridized carbons (Fsp3) is 0.333. The van der Waals surface area contributed by atoms with Crippen LogP contribution in [0.2, 0.25) is 5.02 Å². The molecule has 1 N–H and O–H groups in total. The maximum atomic E-state index is 6.09. The molecule has 0 amide bonds. The first-order chi connectivity index (χ1) is 9.78. The summed E-state index contributed by atoms with van der Waals surface area (Å²) in [6.07, 6.45) is 2.22. The van der Waals surface area contributed by atoms with Gasteiger partial charge in [0.2, 0.25) is 0 Å². The van der Waals surface area contributed by atoms with Crippen molar-refractivity contribution >= 4 is 11.6 Å². The standard InChI is InChI=1S/C18H20ClN/c1-2-20-18(11-13-6-5-8-15(19)10-13)17-12-14-7-3-4-9-16(14)17/h3-10,17-18,20H,2,11-12H2,1H3. The molecule has 2 atom stereocenters. The highest BCUT2D eigenvalue weighted by Gasteiger charge is 2.32. The van der Waals surface area contributed by atoms with Crippen LogP contribution in [0, 0.1) is 0 Å². The molecule has 1 nitrogen and oxygen atoms in total. The molecule has 0 aromatic heterocycles. The Labute approximate surface area is 126 Å². The Morgan fingerprint density at radius 3 is 2.80 bits per heavy atom. The lowest BCUT2D eigenvalue weighted by molar-refractivity contribution is 0.405. The lowest BCUT2D eigenvalue weighted by atomic mass is 9.72. The van der Waals surface area contributed by atoms with Gasteiger partial charge in [0.1, 0.15) is 0 Å². The van der Waals surface area contributed by atoms with Crippen LogP contribution in [0.15, 0.2) is 48.5 Å². The maximum absolute atomic E-state index is 6.09. The van der Waals surface area contributed by atoms with Gasteiger partial charge in [-0.15, -0.1) is 0 Å². The quantitative estimate of drug-likeness (QED) is 0.868. The molecule has 2 aromatic rings. The minimum absolute atomic E-state index is 0.494. The van der Waals surface area contributed by atoms with Crippen LogP contribution < -0.4 is 5.32 Å². The lowest BCUT2D eigenvalue weighted by Gasteiger charge is -2.37. The van der Waals surface area contributed by atoms with E-state index in [0.29, 0.717) is 12.0 Å². The van der Waals surface area contributed by atoms with Crippen LogP contribution in [0.5, 0.6) is 0 Å². The molecule has 0 heterocycles. The number of hydrogen-bond donors (Lipinski definition) is 1. The summed E-state index contributed by atoms with van der Waals surface area (Å²) in [6.45, 7) is 3.18. The molecule has 0 bridgehead atoms. The van der Waals surface area contributed by atoms with Crippen LogP contribution in [0.25, 0.3) is 0 Å². The second kappa shape index (κ2) is 5.99. The first-order valence-corrected chi connectivity index (χ1v) is 7.71. The molecule has 1 aliphatic carbocycles. The van der Waals surface area contributed by atoms with Gasteiger partial charge in [-0.3, -0.25) is 0 Å². The van der Waals surface area contributed by atoms with E-state index in [4.69, 9.17) is 11.6 Å². The third-order valence-electron chi connectivity index (χ3n) is 4.19. The normalized spacial score (nSPS) is 18.2. The van der Waals surface area contributed by atoms with Crippen molar-refractivity contribution < 1.29 is 0 Å². The number of hydrogen-bond acceptors (Lipinski definition) is 1. The van der Waals surface area contributed by atoms with Crippen LogP contribution >= 0.6 is 11.6 Å². The maximum Gasteiger partial charge on any atom is 0.0408 e. The Kier molecular flexibility index (Phi) is 4.09. The first kappa shape index (κ1) is 13.7. The predicted octanol–water partition coefficient (Wildman–Crippen LogP) is 4.20. The smallest absolute Gasteiger partial charge is 0.0408 e. The van der Waals surface area contributed by atoms with Crippen LogP contribution in [0.3, 0.4) is 0 Å². The lowest BCUT2D eigenvalue weighted by Crippen LogP contribution is -2.41. The molecule has 2 unspecified atom stereocenters. The molecule has 0 saturated carbocycles. The van der Waals surface area contributed by atoms with Crippen molar-refractivity contribution in [3.8, 4) is 0 Å². The Morgan fingerprint density at radius 2 is 2.05 bits per heavy atom. The molecular formula is C18H20ClN. The van der Waals surface area contributed by atoms with Crippen molar-refractivity contribution in [2.24, 2.45) is 0 Å². The van der Waals surface area contributed by atoms with Crippen molar-refractivity contribution in [1.29, 1.82) is 0 Å². The van der Waals surface area contributed by atoms with Gasteiger partial charge in [-0.25, -0.2) is 0 Å². The van der Waals surface area contributed by atoms with E-state index in [1.165, 1.54) is 23.1 Å². The zero-order valence-corrected chi connectivity index (χ0v) is 12.5. The molecule has 0 aliphatic heterocycles. The van der Waals surface area contributed by atoms with E-state index in [0.717, 1.165) is 18.0 Å². The Morgan fingerprint density at radius 1 is 1.20 bits per heavy atom. The number of likely N-dealkylation sites (N-methyl/N-ethyl adjacent to an activating group) is 1. The fourth-order valence-electron chi connectivity index (χ4n) is 3.19. The van der Waals surface area contributed by atoms with Gasteiger partial charge in [0.05, 0.1) is 0 Å². The van der Waals surface area contributed by atoms with Crippen LogP contribution in [-0.2, 0) is 12.8 Å². The highest BCUT2D eigenvalue weighted by Crippen LogP contribution is 2.38. The zero-order chi connectivity index (χ0) is 13.9. The monoisotopic (exact) mass is 285 g/mol. The van der Waals surface area contributed by atoms with E-state index in [9.17, 15) is 0 Å². The molecule has 104 valence electrons. The summed E-state index contributed by atoms with van der Waals surface area (Å²) in [5.41, 5.74) is 4.33. The van der Waals surface area contributed by atoms with Gasteiger partial charge >= 0.3 is 0 Å². The Hall–Kier alpha value is -1.31. The minimum Gasteiger partial charge on any atom is -0.313 e. The first-order valence-electron chi connectivity index (χ1n) is 7.33. The van der Waals surface area contributed by atoms with Crippen molar-refractivity contribution in [2.45, 2.75) is 31.7 Å². The third-order valence-corrected chi connectivity index (χ3v) is 4.43. The predicted molar refractivity (Wildman–Crippen MR) is 85.5 cm³/mol. The number of halogens is 1. The number of nitrogens with one attached hydrogen (secondary N) is 1. The van der Waals surface area contributed by atoms with Crippen molar-refractivity contribution in [1.82, 2.24) is 5.32 Å². The average Bonchev–Trinajstić information content (AvgIpc) is 2.40. The number of rotatable bonds is 5. The Bertz CT molecular complexity index is 593. The van der Waals surface area contributed by atoms with Crippen molar-refractivity contribution in [2.75, 3.05) is 6.54 Å². The van der Waals surface area contributed by atoms with Gasteiger partial charge < -0.3 is 5.32 Å². The average molecular weight is 286 g/mol. The summed E-state index contributed by atoms with van der Waals surface area (Å²) in [6, 6.07) is 17.5. The highest BCUT2D eigenvalue weighted by atomic mass is 35.5. The van der Waals surface area contributed by atoms with Gasteiger partial charge in [0, 0.05) is 17.0 Å². The van der Waals surface area contributed by atoms with E-state index in [2.05, 4.69) is 48.6 Å². The highest BCUT2D eigenvalue weighted by molar-refractivity contribution is 6.30. The molecule has 2 heteroatoms. The van der Waals surface area contributed by atoms with Crippen molar-refractivity contribution in [3.05, 3.63) is 70.2 Å². The van der Waals surface area contributed by atoms with Gasteiger partial charge in [-0.1, -0.05) is 54.9 Å². The molecule has 0 radical (unpaired) electrons. The van der Waals surface area contributed by atoms with E-state index >= 15 is 0 Å². The summed E-state index contributed by atoms with van der Waals surface area (Å²) in [4.78, 5) is 0. The summed E-state index contributed by atoms with van der Waals surface area (Å²) in [7, 11) is 0. The zero-order valence-electron chi connectivity index (χ0n) is 11.8. The molecule has 0 spiro atoms. The van der Waals surface area contributed by atoms with E-state index in [1.54, 1.807) is 0 Å². The largest absolute Gasteiger partial charge is 0.313 e. The summed E-state index contributed by atoms with van der Waals surface area (Å²) >= 11 is 6.09. The molecule has 20 heavy (non-hydrogen) atoms.